The maximum absolute atomic E-state index is 4.40. The monoisotopic (exact) mass is 316 g/mol. The lowest BCUT2D eigenvalue weighted by Crippen LogP contribution is -2.61. The van der Waals surface area contributed by atoms with Crippen LogP contribution in [0, 0.1) is 29.1 Å². The summed E-state index contributed by atoms with van der Waals surface area (Å²) >= 11 is 0. The summed E-state index contributed by atoms with van der Waals surface area (Å²) in [7, 11) is 0. The third-order valence-corrected chi connectivity index (χ3v) is 6.58. The third kappa shape index (κ3) is 2.30. The molecule has 1 aliphatic heterocycles. The Hall–Kier alpha value is -2.01. The Kier molecular flexibility index (Phi) is 3.13. The van der Waals surface area contributed by atoms with Crippen LogP contribution in [0.4, 0.5) is 0 Å². The Morgan fingerprint density at radius 2 is 1.96 bits per heavy atom. The van der Waals surface area contributed by atoms with Crippen LogP contribution >= 0.6 is 0 Å². The molecule has 5 aliphatic rings. The molecule has 0 N–H and O–H groups in total. The molecule has 2 heterocycles. The molecule has 4 bridgehead atoms. The van der Waals surface area contributed by atoms with Crippen molar-refractivity contribution in [1.29, 1.82) is 0 Å². The minimum absolute atomic E-state index is 0.219. The van der Waals surface area contributed by atoms with Crippen LogP contribution in [-0.4, -0.2) is 22.0 Å². The van der Waals surface area contributed by atoms with Crippen molar-refractivity contribution in [1.82, 2.24) is 9.88 Å². The summed E-state index contributed by atoms with van der Waals surface area (Å²) < 4.78 is 0. The maximum Gasteiger partial charge on any atom is 0.113 e. The largest absolute Gasteiger partial charge is 0.368 e. The molecule has 2 nitrogen and oxygen atoms in total. The van der Waals surface area contributed by atoms with Gasteiger partial charge >= 0.3 is 0 Å². The second-order valence-electron chi connectivity index (χ2n) is 8.35. The van der Waals surface area contributed by atoms with Crippen molar-refractivity contribution in [3.63, 3.8) is 0 Å². The Labute approximate surface area is 144 Å². The Balaban J connectivity index is 1.49. The van der Waals surface area contributed by atoms with Crippen molar-refractivity contribution in [2.75, 3.05) is 6.54 Å². The number of nitrogens with zero attached hydrogens (tertiary/aromatic N) is 2. The summed E-state index contributed by atoms with van der Waals surface area (Å²) in [5.41, 5.74) is 1.49. The van der Waals surface area contributed by atoms with Gasteiger partial charge in [0.1, 0.15) is 5.69 Å². The number of hydrogen-bond acceptors (Lipinski definition) is 2. The lowest BCUT2D eigenvalue weighted by atomic mass is 9.46. The molecule has 2 heteroatoms. The highest BCUT2D eigenvalue weighted by Crippen LogP contribution is 2.63. The highest BCUT2D eigenvalue weighted by Gasteiger charge is 2.58. The van der Waals surface area contributed by atoms with E-state index in [0.29, 0.717) is 5.54 Å². The summed E-state index contributed by atoms with van der Waals surface area (Å²) in [6, 6.07) is 6.02. The minimum atomic E-state index is 0.219. The molecule has 1 aromatic heterocycles. The fourth-order valence-corrected chi connectivity index (χ4v) is 6.15. The van der Waals surface area contributed by atoms with Gasteiger partial charge < -0.3 is 4.90 Å². The van der Waals surface area contributed by atoms with Gasteiger partial charge in [-0.2, -0.15) is 0 Å². The number of allylic oxidation sites excluding steroid dienone is 2. The molecule has 4 saturated carbocycles. The van der Waals surface area contributed by atoms with Crippen LogP contribution < -0.4 is 0 Å². The zero-order chi connectivity index (χ0) is 16.0. The van der Waals surface area contributed by atoms with Crippen molar-refractivity contribution in [2.45, 2.75) is 44.1 Å². The van der Waals surface area contributed by atoms with Crippen LogP contribution in [0.15, 0.2) is 48.8 Å². The van der Waals surface area contributed by atoms with Crippen molar-refractivity contribution in [3.05, 3.63) is 54.5 Å². The molecule has 4 aliphatic carbocycles. The van der Waals surface area contributed by atoms with Crippen LogP contribution in [0.2, 0.25) is 0 Å². The molecule has 0 spiro atoms. The molecule has 0 amide bonds. The molecule has 2 atom stereocenters. The average Bonchev–Trinajstić information content (AvgIpc) is 2.61. The Morgan fingerprint density at radius 1 is 1.08 bits per heavy atom. The van der Waals surface area contributed by atoms with Crippen LogP contribution in [0.5, 0.6) is 0 Å². The van der Waals surface area contributed by atoms with Crippen LogP contribution in [0.25, 0.3) is 0 Å². The molecule has 24 heavy (non-hydrogen) atoms. The van der Waals surface area contributed by atoms with Gasteiger partial charge in [-0.05, 0) is 80.7 Å². The van der Waals surface area contributed by atoms with E-state index in [4.69, 9.17) is 0 Å². The highest BCUT2D eigenvalue weighted by atomic mass is 15.2. The van der Waals surface area contributed by atoms with E-state index >= 15 is 0 Å². The number of pyridine rings is 1. The van der Waals surface area contributed by atoms with E-state index in [1.165, 1.54) is 38.5 Å². The fourth-order valence-electron chi connectivity index (χ4n) is 6.15. The topological polar surface area (TPSA) is 16.1 Å². The predicted octanol–water partition coefficient (Wildman–Crippen LogP) is 4.16. The molecular weight excluding hydrogens is 292 g/mol. The third-order valence-electron chi connectivity index (χ3n) is 6.58. The van der Waals surface area contributed by atoms with E-state index in [0.717, 1.165) is 24.1 Å². The van der Waals surface area contributed by atoms with E-state index in [1.807, 2.05) is 24.4 Å². The van der Waals surface area contributed by atoms with Crippen LogP contribution in [0.1, 0.15) is 44.2 Å². The number of rotatable bonds is 1. The fraction of sp³-hybridized carbons (Fsp3) is 0.500. The lowest BCUT2D eigenvalue weighted by Gasteiger charge is -2.63. The molecule has 1 aromatic rings. The van der Waals surface area contributed by atoms with Crippen molar-refractivity contribution in [3.8, 4) is 11.8 Å². The van der Waals surface area contributed by atoms with Gasteiger partial charge in [-0.3, -0.25) is 0 Å². The van der Waals surface area contributed by atoms with Crippen molar-refractivity contribution < 1.29 is 0 Å². The molecular formula is C22H24N2. The second-order valence-corrected chi connectivity index (χ2v) is 8.35. The van der Waals surface area contributed by atoms with Gasteiger partial charge in [0.15, 0.2) is 0 Å². The van der Waals surface area contributed by atoms with Gasteiger partial charge in [0.25, 0.3) is 0 Å². The van der Waals surface area contributed by atoms with Gasteiger partial charge in [0, 0.05) is 23.7 Å². The van der Waals surface area contributed by atoms with E-state index < -0.39 is 0 Å². The molecule has 6 rings (SSSR count). The zero-order valence-corrected chi connectivity index (χ0v) is 14.1. The molecule has 0 saturated heterocycles. The van der Waals surface area contributed by atoms with Gasteiger partial charge in [0.05, 0.1) is 0 Å². The molecule has 0 aromatic carbocycles. The van der Waals surface area contributed by atoms with Crippen LogP contribution in [0.3, 0.4) is 0 Å². The number of aromatic nitrogens is 1. The van der Waals surface area contributed by atoms with Gasteiger partial charge in [-0.25, -0.2) is 4.98 Å². The highest BCUT2D eigenvalue weighted by molar-refractivity contribution is 5.33. The molecule has 4 fully saturated rings. The van der Waals surface area contributed by atoms with Gasteiger partial charge in [-0.15, -0.1) is 0 Å². The first-order chi connectivity index (χ1) is 11.8. The Morgan fingerprint density at radius 3 is 2.67 bits per heavy atom. The van der Waals surface area contributed by atoms with Crippen molar-refractivity contribution >= 4 is 0 Å². The predicted molar refractivity (Wildman–Crippen MR) is 95.9 cm³/mol. The lowest BCUT2D eigenvalue weighted by molar-refractivity contribution is -0.0936. The van der Waals surface area contributed by atoms with Gasteiger partial charge in [-0.1, -0.05) is 24.1 Å². The minimum Gasteiger partial charge on any atom is -0.368 e. The first-order valence-electron chi connectivity index (χ1n) is 9.30. The first kappa shape index (κ1) is 14.3. The second kappa shape index (κ2) is 5.24. The molecule has 0 radical (unpaired) electrons. The summed E-state index contributed by atoms with van der Waals surface area (Å²) in [4.78, 5) is 7.03. The quantitative estimate of drug-likeness (QED) is 0.723. The SMILES string of the molecule is C(#CC12CC3CC(C1)CC(N1C=CC=CC1)(C3)C2)c1ccccn1. The average molecular weight is 316 g/mol. The summed E-state index contributed by atoms with van der Waals surface area (Å²) in [6.07, 6.45) is 18.9. The van der Waals surface area contributed by atoms with E-state index in [2.05, 4.69) is 46.2 Å². The first-order valence-corrected chi connectivity index (χ1v) is 9.30. The molecule has 122 valence electrons. The van der Waals surface area contributed by atoms with Crippen molar-refractivity contribution in [2.24, 2.45) is 17.3 Å². The summed E-state index contributed by atoms with van der Waals surface area (Å²) in [5, 5.41) is 0. The smallest absolute Gasteiger partial charge is 0.113 e. The maximum atomic E-state index is 4.40. The zero-order valence-electron chi connectivity index (χ0n) is 14.1. The molecule has 2 unspecified atom stereocenters. The van der Waals surface area contributed by atoms with E-state index in [1.54, 1.807) is 0 Å². The van der Waals surface area contributed by atoms with Crippen LogP contribution in [-0.2, 0) is 0 Å². The van der Waals surface area contributed by atoms with Gasteiger partial charge in [0.2, 0.25) is 0 Å². The Bertz CT molecular complexity index is 735. The van der Waals surface area contributed by atoms with E-state index in [9.17, 15) is 0 Å². The summed E-state index contributed by atoms with van der Waals surface area (Å²) in [5.74, 6) is 8.87. The van der Waals surface area contributed by atoms with E-state index in [-0.39, 0.29) is 5.41 Å². The normalized spacial score (nSPS) is 38.9. The standard InChI is InChI=1S/C22H24N2/c1-4-10-24(11-5-1)22-15-18-12-19(16-22)14-21(13-18,17-22)8-7-20-6-2-3-9-23-20/h1-6,9-10,18-19H,11-17H2. The number of hydrogen-bond donors (Lipinski definition) is 0. The summed E-state index contributed by atoms with van der Waals surface area (Å²) in [6.45, 7) is 1.07.